The molecule has 0 fully saturated rings. The fourth-order valence-corrected chi connectivity index (χ4v) is 2.59. The number of nitrogen functional groups attached to an aromatic ring is 1. The number of aromatic nitrogens is 2. The average Bonchev–Trinajstić information content (AvgIpc) is 2.71. The monoisotopic (exact) mass is 333 g/mol. The molecule has 0 aliphatic carbocycles. The topological polar surface area (TPSA) is 70.1 Å². The molecule has 0 saturated carbocycles. The summed E-state index contributed by atoms with van der Waals surface area (Å²) in [4.78, 5) is 11.6. The van der Waals surface area contributed by atoms with Crippen LogP contribution in [0.4, 0.5) is 5.82 Å². The number of hydrogen-bond donors (Lipinski definition) is 1. The first-order valence-corrected chi connectivity index (χ1v) is 6.75. The molecule has 0 aliphatic rings. The Bertz CT molecular complexity index is 647. The van der Waals surface area contributed by atoms with E-state index in [4.69, 9.17) is 45.3 Å². The summed E-state index contributed by atoms with van der Waals surface area (Å²) in [7, 11) is 0. The number of anilines is 1. The highest BCUT2D eigenvalue weighted by Crippen LogP contribution is 2.33. The fraction of sp³-hybridized carbons (Fsp3) is 0.167. The molecule has 0 radical (unpaired) electrons. The molecule has 1 aromatic carbocycles. The highest BCUT2D eigenvalue weighted by atomic mass is 35.5. The molecule has 8 heteroatoms. The van der Waals surface area contributed by atoms with Crippen LogP contribution in [0.5, 0.6) is 0 Å². The molecule has 106 valence electrons. The van der Waals surface area contributed by atoms with Crippen LogP contribution in [0.2, 0.25) is 15.1 Å². The Labute approximate surface area is 130 Å². The SMILES string of the molecule is CCOC(=O)c1cc(N)n(-c2c(Cl)cc(Cl)cc2Cl)n1. The third-order valence-corrected chi connectivity index (χ3v) is 3.21. The fourth-order valence-electron chi connectivity index (χ4n) is 1.62. The Balaban J connectivity index is 2.52. The van der Waals surface area contributed by atoms with E-state index in [2.05, 4.69) is 5.10 Å². The number of nitrogens with zero attached hydrogens (tertiary/aromatic N) is 2. The van der Waals surface area contributed by atoms with E-state index in [-0.39, 0.29) is 28.2 Å². The van der Waals surface area contributed by atoms with E-state index in [9.17, 15) is 4.79 Å². The lowest BCUT2D eigenvalue weighted by molar-refractivity contribution is 0.0519. The second-order valence-electron chi connectivity index (χ2n) is 3.80. The Morgan fingerprint density at radius 2 is 1.90 bits per heavy atom. The van der Waals surface area contributed by atoms with E-state index < -0.39 is 5.97 Å². The Hall–Kier alpha value is -1.43. The normalized spacial score (nSPS) is 10.6. The number of hydrogen-bond acceptors (Lipinski definition) is 4. The maximum absolute atomic E-state index is 11.6. The minimum atomic E-state index is -0.570. The summed E-state index contributed by atoms with van der Waals surface area (Å²) < 4.78 is 6.13. The van der Waals surface area contributed by atoms with Crippen LogP contribution in [-0.2, 0) is 4.74 Å². The number of rotatable bonds is 3. The molecule has 0 unspecified atom stereocenters. The van der Waals surface area contributed by atoms with E-state index in [1.165, 1.54) is 22.9 Å². The Morgan fingerprint density at radius 1 is 1.30 bits per heavy atom. The van der Waals surface area contributed by atoms with Crippen LogP contribution < -0.4 is 5.73 Å². The first-order valence-electron chi connectivity index (χ1n) is 5.61. The van der Waals surface area contributed by atoms with Gasteiger partial charge in [-0.15, -0.1) is 0 Å². The zero-order chi connectivity index (χ0) is 14.9. The second-order valence-corrected chi connectivity index (χ2v) is 5.06. The van der Waals surface area contributed by atoms with Gasteiger partial charge >= 0.3 is 5.97 Å². The maximum Gasteiger partial charge on any atom is 0.358 e. The lowest BCUT2D eigenvalue weighted by Crippen LogP contribution is -2.07. The van der Waals surface area contributed by atoms with E-state index in [1.54, 1.807) is 6.92 Å². The first-order chi connectivity index (χ1) is 9.43. The predicted octanol–water partition coefficient (Wildman–Crippen LogP) is 3.59. The molecule has 2 rings (SSSR count). The molecule has 0 saturated heterocycles. The molecular weight excluding hydrogens is 325 g/mol. The lowest BCUT2D eigenvalue weighted by Gasteiger charge is -2.09. The van der Waals surface area contributed by atoms with Crippen LogP contribution in [0.3, 0.4) is 0 Å². The van der Waals surface area contributed by atoms with Crippen molar-refractivity contribution in [1.82, 2.24) is 9.78 Å². The van der Waals surface area contributed by atoms with Crippen molar-refractivity contribution in [2.45, 2.75) is 6.92 Å². The average molecular weight is 335 g/mol. The number of benzene rings is 1. The number of carbonyl (C=O) groups is 1. The van der Waals surface area contributed by atoms with Gasteiger partial charge in [0.2, 0.25) is 0 Å². The summed E-state index contributed by atoms with van der Waals surface area (Å²) in [6.07, 6.45) is 0. The van der Waals surface area contributed by atoms with Crippen molar-refractivity contribution in [3.63, 3.8) is 0 Å². The van der Waals surface area contributed by atoms with Crippen LogP contribution in [0.25, 0.3) is 5.69 Å². The third kappa shape index (κ3) is 2.85. The number of carbonyl (C=O) groups excluding carboxylic acids is 1. The van der Waals surface area contributed by atoms with E-state index in [0.717, 1.165) is 0 Å². The van der Waals surface area contributed by atoms with Crippen molar-refractivity contribution in [1.29, 1.82) is 0 Å². The van der Waals surface area contributed by atoms with Gasteiger partial charge in [-0.3, -0.25) is 0 Å². The van der Waals surface area contributed by atoms with Gasteiger partial charge in [0.25, 0.3) is 0 Å². The number of halogens is 3. The van der Waals surface area contributed by atoms with Gasteiger partial charge in [-0.2, -0.15) is 5.10 Å². The maximum atomic E-state index is 11.6. The Kier molecular flexibility index (Phi) is 4.42. The van der Waals surface area contributed by atoms with Gasteiger partial charge in [0, 0.05) is 11.1 Å². The van der Waals surface area contributed by atoms with Crippen LogP contribution in [0, 0.1) is 0 Å². The second kappa shape index (κ2) is 5.91. The van der Waals surface area contributed by atoms with Gasteiger partial charge in [-0.25, -0.2) is 9.48 Å². The van der Waals surface area contributed by atoms with Crippen LogP contribution in [-0.4, -0.2) is 22.4 Å². The molecule has 0 aliphatic heterocycles. The number of esters is 1. The first kappa shape index (κ1) is 15.0. The summed E-state index contributed by atoms with van der Waals surface area (Å²) in [6.45, 7) is 1.94. The van der Waals surface area contributed by atoms with E-state index >= 15 is 0 Å². The van der Waals surface area contributed by atoms with Crippen LogP contribution in [0.15, 0.2) is 18.2 Å². The summed E-state index contributed by atoms with van der Waals surface area (Å²) in [5, 5.41) is 4.99. The molecule has 0 spiro atoms. The van der Waals surface area contributed by atoms with Gasteiger partial charge in [-0.1, -0.05) is 34.8 Å². The van der Waals surface area contributed by atoms with Crippen molar-refractivity contribution < 1.29 is 9.53 Å². The predicted molar refractivity (Wildman–Crippen MR) is 79.0 cm³/mol. The summed E-state index contributed by atoms with van der Waals surface area (Å²) >= 11 is 18.0. The summed E-state index contributed by atoms with van der Waals surface area (Å²) in [5.74, 6) is -0.363. The minimum Gasteiger partial charge on any atom is -0.461 e. The Morgan fingerprint density at radius 3 is 2.45 bits per heavy atom. The zero-order valence-electron chi connectivity index (χ0n) is 10.4. The quantitative estimate of drug-likeness (QED) is 0.871. The van der Waals surface area contributed by atoms with Gasteiger partial charge < -0.3 is 10.5 Å². The van der Waals surface area contributed by atoms with E-state index in [0.29, 0.717) is 10.7 Å². The molecule has 1 aromatic heterocycles. The molecule has 2 aromatic rings. The highest BCUT2D eigenvalue weighted by Gasteiger charge is 2.18. The minimum absolute atomic E-state index is 0.0754. The van der Waals surface area contributed by atoms with Crippen LogP contribution >= 0.6 is 34.8 Å². The van der Waals surface area contributed by atoms with Crippen molar-refractivity contribution >= 4 is 46.6 Å². The molecule has 1 heterocycles. The molecule has 5 nitrogen and oxygen atoms in total. The largest absolute Gasteiger partial charge is 0.461 e. The van der Waals surface area contributed by atoms with Crippen molar-refractivity contribution in [3.8, 4) is 5.69 Å². The molecule has 0 atom stereocenters. The van der Waals surface area contributed by atoms with Gasteiger partial charge in [0.1, 0.15) is 11.5 Å². The van der Waals surface area contributed by atoms with Crippen molar-refractivity contribution in [2.24, 2.45) is 0 Å². The van der Waals surface area contributed by atoms with Crippen LogP contribution in [0.1, 0.15) is 17.4 Å². The molecule has 20 heavy (non-hydrogen) atoms. The summed E-state index contributed by atoms with van der Waals surface area (Å²) in [6, 6.07) is 4.41. The number of ether oxygens (including phenoxy) is 1. The molecule has 0 amide bonds. The smallest absolute Gasteiger partial charge is 0.358 e. The number of nitrogens with two attached hydrogens (primary N) is 1. The lowest BCUT2D eigenvalue weighted by atomic mass is 10.3. The third-order valence-electron chi connectivity index (χ3n) is 2.41. The highest BCUT2D eigenvalue weighted by molar-refractivity contribution is 6.40. The summed E-state index contributed by atoms with van der Waals surface area (Å²) in [5.41, 5.74) is 6.25. The molecular formula is C12H10Cl3N3O2. The van der Waals surface area contributed by atoms with E-state index in [1.807, 2.05) is 0 Å². The van der Waals surface area contributed by atoms with Gasteiger partial charge in [0.05, 0.1) is 16.7 Å². The molecule has 0 bridgehead atoms. The van der Waals surface area contributed by atoms with Gasteiger partial charge in [-0.05, 0) is 19.1 Å². The van der Waals surface area contributed by atoms with Gasteiger partial charge in [0.15, 0.2) is 5.69 Å². The molecule has 2 N–H and O–H groups in total. The standard InChI is InChI=1S/C12H10Cl3N3O2/c1-2-20-12(19)9-5-10(16)18(17-9)11-7(14)3-6(13)4-8(11)15/h3-5H,2,16H2,1H3. The van der Waals surface area contributed by atoms with Crippen molar-refractivity contribution in [3.05, 3.63) is 39.0 Å². The zero-order valence-corrected chi connectivity index (χ0v) is 12.6. The van der Waals surface area contributed by atoms with Crippen molar-refractivity contribution in [2.75, 3.05) is 12.3 Å².